The molecule has 148 valence electrons. The molecule has 2 aromatic carbocycles. The van der Waals surface area contributed by atoms with Crippen molar-refractivity contribution in [1.82, 2.24) is 4.98 Å². The van der Waals surface area contributed by atoms with Crippen molar-refractivity contribution in [2.24, 2.45) is 0 Å². The first-order chi connectivity index (χ1) is 13.8. The van der Waals surface area contributed by atoms with E-state index < -0.39 is 0 Å². The third-order valence-electron chi connectivity index (χ3n) is 4.73. The third-order valence-corrected chi connectivity index (χ3v) is 4.73. The molecule has 5 nitrogen and oxygen atoms in total. The average Bonchev–Trinajstić information content (AvgIpc) is 2.70. The fourth-order valence-corrected chi connectivity index (χ4v) is 2.99. The molecule has 0 aliphatic carbocycles. The summed E-state index contributed by atoms with van der Waals surface area (Å²) in [4.78, 5) is 29.2. The van der Waals surface area contributed by atoms with Crippen LogP contribution in [0.5, 0.6) is 0 Å². The molecule has 0 fully saturated rings. The topological polar surface area (TPSA) is 71.1 Å². The summed E-state index contributed by atoms with van der Waals surface area (Å²) < 4.78 is 0. The molecule has 0 atom stereocenters. The van der Waals surface area contributed by atoms with Gasteiger partial charge in [0.2, 0.25) is 0 Å². The summed E-state index contributed by atoms with van der Waals surface area (Å²) in [6, 6.07) is 15.1. The van der Waals surface area contributed by atoms with Gasteiger partial charge < -0.3 is 10.6 Å². The van der Waals surface area contributed by atoms with E-state index in [0.717, 1.165) is 16.8 Å². The highest BCUT2D eigenvalue weighted by Crippen LogP contribution is 2.19. The van der Waals surface area contributed by atoms with E-state index in [2.05, 4.69) is 29.5 Å². The second-order valence-corrected chi connectivity index (χ2v) is 7.47. The van der Waals surface area contributed by atoms with Gasteiger partial charge in [-0.2, -0.15) is 0 Å². The Morgan fingerprint density at radius 2 is 1.45 bits per heavy atom. The molecule has 0 aliphatic rings. The van der Waals surface area contributed by atoms with Crippen LogP contribution in [-0.2, 0) is 0 Å². The molecule has 0 unspecified atom stereocenters. The Hall–Kier alpha value is -3.47. The smallest absolute Gasteiger partial charge is 0.257 e. The number of hydrogen-bond donors (Lipinski definition) is 2. The van der Waals surface area contributed by atoms with Crippen molar-refractivity contribution in [3.63, 3.8) is 0 Å². The fraction of sp³-hybridized carbons (Fsp3) is 0.208. The molecule has 1 aromatic heterocycles. The zero-order valence-electron chi connectivity index (χ0n) is 17.1. The van der Waals surface area contributed by atoms with E-state index in [9.17, 15) is 9.59 Å². The number of nitrogens with zero attached hydrogens (tertiary/aromatic N) is 1. The van der Waals surface area contributed by atoms with Crippen molar-refractivity contribution in [1.29, 1.82) is 0 Å². The van der Waals surface area contributed by atoms with Crippen LogP contribution in [0.25, 0.3) is 0 Å². The standard InChI is InChI=1S/C24H25N3O2/c1-15(2)18-6-8-21(9-7-18)26-23(28)19-12-20(14-25-13-19)24(29)27-22-10-5-16(3)11-17(22)4/h5-15H,1-4H3,(H,26,28)(H,27,29). The van der Waals surface area contributed by atoms with E-state index in [-0.39, 0.29) is 11.8 Å². The van der Waals surface area contributed by atoms with E-state index in [1.807, 2.05) is 56.3 Å². The number of aryl methyl sites for hydroxylation is 2. The first-order valence-electron chi connectivity index (χ1n) is 9.58. The van der Waals surface area contributed by atoms with Crippen LogP contribution < -0.4 is 10.6 Å². The molecule has 0 aliphatic heterocycles. The summed E-state index contributed by atoms with van der Waals surface area (Å²) in [6.07, 6.45) is 2.90. The second-order valence-electron chi connectivity index (χ2n) is 7.47. The molecule has 29 heavy (non-hydrogen) atoms. The number of rotatable bonds is 5. The lowest BCUT2D eigenvalue weighted by molar-refractivity contribution is 0.102. The second kappa shape index (κ2) is 8.69. The summed E-state index contributed by atoms with van der Waals surface area (Å²) in [5.74, 6) is -0.187. The summed E-state index contributed by atoms with van der Waals surface area (Å²) in [6.45, 7) is 8.18. The first-order valence-corrected chi connectivity index (χ1v) is 9.58. The average molecular weight is 387 g/mol. The first kappa shape index (κ1) is 20.3. The molecular formula is C24H25N3O2. The maximum absolute atomic E-state index is 12.6. The number of aromatic nitrogens is 1. The Kier molecular flexibility index (Phi) is 6.07. The Morgan fingerprint density at radius 1 is 0.828 bits per heavy atom. The van der Waals surface area contributed by atoms with Crippen molar-refractivity contribution in [3.05, 3.63) is 88.7 Å². The lowest BCUT2D eigenvalue weighted by Gasteiger charge is -2.10. The number of benzene rings is 2. The Bertz CT molecular complexity index is 1040. The van der Waals surface area contributed by atoms with Crippen molar-refractivity contribution >= 4 is 23.2 Å². The SMILES string of the molecule is Cc1ccc(NC(=O)c2cncc(C(=O)Nc3ccc(C(C)C)cc3)c2)c(C)c1. The van der Waals surface area contributed by atoms with Crippen LogP contribution >= 0.6 is 0 Å². The van der Waals surface area contributed by atoms with Crippen molar-refractivity contribution in [2.75, 3.05) is 10.6 Å². The number of carbonyl (C=O) groups is 2. The molecule has 1 heterocycles. The lowest BCUT2D eigenvalue weighted by atomic mass is 10.0. The highest BCUT2D eigenvalue weighted by Gasteiger charge is 2.13. The molecule has 5 heteroatoms. The predicted octanol–water partition coefficient (Wildman–Crippen LogP) is 5.33. The van der Waals surface area contributed by atoms with Gasteiger partial charge in [-0.25, -0.2) is 0 Å². The molecule has 3 rings (SSSR count). The molecule has 0 spiro atoms. The minimum absolute atomic E-state index is 0.305. The van der Waals surface area contributed by atoms with Gasteiger partial charge in [0.15, 0.2) is 0 Å². The Morgan fingerprint density at radius 3 is 2.03 bits per heavy atom. The fourth-order valence-electron chi connectivity index (χ4n) is 2.99. The summed E-state index contributed by atoms with van der Waals surface area (Å²) in [5.41, 5.74) is 5.39. The van der Waals surface area contributed by atoms with E-state index in [1.54, 1.807) is 6.07 Å². The summed E-state index contributed by atoms with van der Waals surface area (Å²) >= 11 is 0. The predicted molar refractivity (Wildman–Crippen MR) is 117 cm³/mol. The highest BCUT2D eigenvalue weighted by atomic mass is 16.2. The molecule has 2 N–H and O–H groups in total. The minimum atomic E-state index is -0.309. The van der Waals surface area contributed by atoms with E-state index in [0.29, 0.717) is 22.7 Å². The minimum Gasteiger partial charge on any atom is -0.322 e. The van der Waals surface area contributed by atoms with Crippen molar-refractivity contribution < 1.29 is 9.59 Å². The van der Waals surface area contributed by atoms with Gasteiger partial charge in [-0.3, -0.25) is 14.6 Å². The zero-order chi connectivity index (χ0) is 21.0. The van der Waals surface area contributed by atoms with Gasteiger partial charge in [-0.1, -0.05) is 43.7 Å². The number of anilines is 2. The third kappa shape index (κ3) is 5.08. The maximum Gasteiger partial charge on any atom is 0.257 e. The van der Waals surface area contributed by atoms with Crippen LogP contribution in [0, 0.1) is 13.8 Å². The Balaban J connectivity index is 1.72. The number of hydrogen-bond acceptors (Lipinski definition) is 3. The normalized spacial score (nSPS) is 10.7. The van der Waals surface area contributed by atoms with Crippen LogP contribution in [-0.4, -0.2) is 16.8 Å². The largest absolute Gasteiger partial charge is 0.322 e. The zero-order valence-corrected chi connectivity index (χ0v) is 17.1. The van der Waals surface area contributed by atoms with Crippen LogP contribution in [0.3, 0.4) is 0 Å². The molecule has 0 radical (unpaired) electrons. The van der Waals surface area contributed by atoms with Crippen molar-refractivity contribution in [3.8, 4) is 0 Å². The molecule has 3 aromatic rings. The molecule has 2 amide bonds. The molecular weight excluding hydrogens is 362 g/mol. The van der Waals surface area contributed by atoms with Crippen molar-refractivity contribution in [2.45, 2.75) is 33.6 Å². The van der Waals surface area contributed by atoms with E-state index in [4.69, 9.17) is 0 Å². The molecule has 0 saturated heterocycles. The van der Waals surface area contributed by atoms with E-state index in [1.165, 1.54) is 18.0 Å². The van der Waals surface area contributed by atoms with Crippen LogP contribution in [0.2, 0.25) is 0 Å². The maximum atomic E-state index is 12.6. The van der Waals surface area contributed by atoms with Gasteiger partial charge in [0.1, 0.15) is 0 Å². The van der Waals surface area contributed by atoms with Gasteiger partial charge >= 0.3 is 0 Å². The number of pyridine rings is 1. The number of nitrogens with one attached hydrogen (secondary N) is 2. The Labute approximate surface area is 171 Å². The summed E-state index contributed by atoms with van der Waals surface area (Å²) in [7, 11) is 0. The molecule has 0 bridgehead atoms. The van der Waals surface area contributed by atoms with Crippen LogP contribution in [0.4, 0.5) is 11.4 Å². The van der Waals surface area contributed by atoms with Crippen LogP contribution in [0.1, 0.15) is 57.2 Å². The quantitative estimate of drug-likeness (QED) is 0.622. The van der Waals surface area contributed by atoms with Gasteiger partial charge in [0, 0.05) is 23.8 Å². The van der Waals surface area contributed by atoms with Gasteiger partial charge in [0.05, 0.1) is 11.1 Å². The van der Waals surface area contributed by atoms with Crippen LogP contribution in [0.15, 0.2) is 60.9 Å². The van der Waals surface area contributed by atoms with E-state index >= 15 is 0 Å². The number of amides is 2. The summed E-state index contributed by atoms with van der Waals surface area (Å²) in [5, 5.41) is 5.72. The molecule has 0 saturated carbocycles. The number of carbonyl (C=O) groups excluding carboxylic acids is 2. The monoisotopic (exact) mass is 387 g/mol. The van der Waals surface area contributed by atoms with Gasteiger partial charge in [-0.05, 0) is 55.2 Å². The highest BCUT2D eigenvalue weighted by molar-refractivity contribution is 6.08. The lowest BCUT2D eigenvalue weighted by Crippen LogP contribution is -2.16. The van der Waals surface area contributed by atoms with Gasteiger partial charge in [-0.15, -0.1) is 0 Å². The van der Waals surface area contributed by atoms with Gasteiger partial charge in [0.25, 0.3) is 11.8 Å².